The molecule has 3 heteroatoms. The van der Waals surface area contributed by atoms with E-state index in [-0.39, 0.29) is 18.6 Å². The third kappa shape index (κ3) is 5.07. The molecule has 1 rings (SSSR count). The van der Waals surface area contributed by atoms with E-state index in [9.17, 15) is 4.79 Å². The smallest absolute Gasteiger partial charge is 0.252 e. The van der Waals surface area contributed by atoms with Crippen molar-refractivity contribution in [3.05, 3.63) is 34.9 Å². The maximum atomic E-state index is 12.3. The molecule has 0 aliphatic rings. The van der Waals surface area contributed by atoms with E-state index in [2.05, 4.69) is 31.0 Å². The highest BCUT2D eigenvalue weighted by molar-refractivity contribution is 5.97. The van der Waals surface area contributed by atoms with Crippen molar-refractivity contribution in [3.8, 4) is 11.8 Å². The van der Waals surface area contributed by atoms with E-state index >= 15 is 0 Å². The molecule has 0 spiro atoms. The van der Waals surface area contributed by atoms with Crippen molar-refractivity contribution >= 4 is 5.91 Å². The Kier molecular flexibility index (Phi) is 6.27. The first-order valence-corrected chi connectivity index (χ1v) is 6.95. The Morgan fingerprint density at radius 3 is 2.65 bits per heavy atom. The molecule has 1 unspecified atom stereocenters. The number of amides is 1. The molecule has 0 bridgehead atoms. The maximum Gasteiger partial charge on any atom is 0.252 e. The number of hydrogen-bond acceptors (Lipinski definition) is 2. The molecule has 1 aromatic rings. The van der Waals surface area contributed by atoms with Gasteiger partial charge in [0.25, 0.3) is 5.91 Å². The van der Waals surface area contributed by atoms with E-state index in [0.717, 1.165) is 12.0 Å². The van der Waals surface area contributed by atoms with Crippen LogP contribution in [0.5, 0.6) is 0 Å². The van der Waals surface area contributed by atoms with Gasteiger partial charge in [0, 0.05) is 11.6 Å². The number of carbonyl (C=O) groups excluding carboxylic acids is 1. The first-order valence-electron chi connectivity index (χ1n) is 6.95. The molecule has 3 nitrogen and oxygen atoms in total. The highest BCUT2D eigenvalue weighted by atomic mass is 16.2. The van der Waals surface area contributed by atoms with Crippen LogP contribution in [-0.4, -0.2) is 23.7 Å². The highest BCUT2D eigenvalue weighted by Gasteiger charge is 2.14. The number of rotatable bonds is 4. The number of nitrogens with one attached hydrogen (secondary N) is 1. The second-order valence-corrected chi connectivity index (χ2v) is 5.51. The molecule has 0 heterocycles. The number of aliphatic hydroxyl groups excluding tert-OH is 1. The van der Waals surface area contributed by atoms with Gasteiger partial charge in [-0.15, -0.1) is 0 Å². The minimum atomic E-state index is -0.210. The van der Waals surface area contributed by atoms with Crippen LogP contribution in [0.2, 0.25) is 0 Å². The SMILES string of the molecule is Cc1ccc(C#CCO)c(C(=O)NC(C)CC(C)C)c1. The number of benzene rings is 1. The van der Waals surface area contributed by atoms with Crippen LogP contribution in [0.3, 0.4) is 0 Å². The predicted molar refractivity (Wildman–Crippen MR) is 81.5 cm³/mol. The summed E-state index contributed by atoms with van der Waals surface area (Å²) in [6.07, 6.45) is 0.940. The van der Waals surface area contributed by atoms with Gasteiger partial charge in [-0.1, -0.05) is 37.3 Å². The zero-order valence-electron chi connectivity index (χ0n) is 12.7. The molecule has 0 fully saturated rings. The zero-order valence-corrected chi connectivity index (χ0v) is 12.7. The van der Waals surface area contributed by atoms with Crippen molar-refractivity contribution in [2.24, 2.45) is 5.92 Å². The molecule has 108 valence electrons. The van der Waals surface area contributed by atoms with E-state index in [1.165, 1.54) is 0 Å². The average Bonchev–Trinajstić information content (AvgIpc) is 2.36. The lowest BCUT2D eigenvalue weighted by Crippen LogP contribution is -2.34. The molecule has 0 aliphatic carbocycles. The van der Waals surface area contributed by atoms with Gasteiger partial charge in [0.15, 0.2) is 0 Å². The molecule has 0 saturated carbocycles. The number of aryl methyl sites for hydroxylation is 1. The summed E-state index contributed by atoms with van der Waals surface area (Å²) in [7, 11) is 0. The van der Waals surface area contributed by atoms with Crippen molar-refractivity contribution in [1.29, 1.82) is 0 Å². The zero-order chi connectivity index (χ0) is 15.1. The van der Waals surface area contributed by atoms with Crippen LogP contribution >= 0.6 is 0 Å². The maximum absolute atomic E-state index is 12.3. The monoisotopic (exact) mass is 273 g/mol. The Hall–Kier alpha value is -1.79. The molecule has 0 radical (unpaired) electrons. The quantitative estimate of drug-likeness (QED) is 0.828. The minimum absolute atomic E-state index is 0.107. The fourth-order valence-corrected chi connectivity index (χ4v) is 2.16. The summed E-state index contributed by atoms with van der Waals surface area (Å²) >= 11 is 0. The summed E-state index contributed by atoms with van der Waals surface area (Å²) < 4.78 is 0. The Morgan fingerprint density at radius 2 is 2.05 bits per heavy atom. The van der Waals surface area contributed by atoms with Crippen LogP contribution in [-0.2, 0) is 0 Å². The molecule has 0 saturated heterocycles. The molecule has 2 N–H and O–H groups in total. The first kappa shape index (κ1) is 16.3. The van der Waals surface area contributed by atoms with Gasteiger partial charge < -0.3 is 10.4 Å². The Balaban J connectivity index is 2.93. The third-order valence-electron chi connectivity index (χ3n) is 2.92. The van der Waals surface area contributed by atoms with Crippen LogP contribution in [0.15, 0.2) is 18.2 Å². The van der Waals surface area contributed by atoms with Gasteiger partial charge in [-0.05, 0) is 38.3 Å². The lowest BCUT2D eigenvalue weighted by atomic mass is 10.0. The van der Waals surface area contributed by atoms with E-state index < -0.39 is 0 Å². The first-order chi connectivity index (χ1) is 9.43. The molecule has 0 aromatic heterocycles. The van der Waals surface area contributed by atoms with Crippen LogP contribution < -0.4 is 5.32 Å². The fraction of sp³-hybridized carbons (Fsp3) is 0.471. The predicted octanol–water partition coefficient (Wildman–Crippen LogP) is 2.50. The van der Waals surface area contributed by atoms with Crippen molar-refractivity contribution in [2.75, 3.05) is 6.61 Å². The second-order valence-electron chi connectivity index (χ2n) is 5.51. The van der Waals surface area contributed by atoms with Gasteiger partial charge in [-0.3, -0.25) is 4.79 Å². The number of carbonyl (C=O) groups is 1. The molecular formula is C17H23NO2. The lowest BCUT2D eigenvalue weighted by molar-refractivity contribution is 0.0936. The third-order valence-corrected chi connectivity index (χ3v) is 2.92. The van der Waals surface area contributed by atoms with Gasteiger partial charge in [0.2, 0.25) is 0 Å². The lowest BCUT2D eigenvalue weighted by Gasteiger charge is -2.16. The Labute approximate surface area is 121 Å². The van der Waals surface area contributed by atoms with E-state index in [0.29, 0.717) is 17.0 Å². The van der Waals surface area contributed by atoms with Crippen molar-refractivity contribution < 1.29 is 9.90 Å². The molecule has 1 amide bonds. The van der Waals surface area contributed by atoms with Gasteiger partial charge in [-0.2, -0.15) is 0 Å². The standard InChI is InChI=1S/C17H23NO2/c1-12(2)10-14(4)18-17(20)16-11-13(3)7-8-15(16)6-5-9-19/h7-8,11-12,14,19H,9-10H2,1-4H3,(H,18,20). The van der Waals surface area contributed by atoms with Gasteiger partial charge in [-0.25, -0.2) is 0 Å². The highest BCUT2D eigenvalue weighted by Crippen LogP contribution is 2.12. The van der Waals surface area contributed by atoms with Crippen LogP contribution in [0.4, 0.5) is 0 Å². The van der Waals surface area contributed by atoms with E-state index in [1.54, 1.807) is 0 Å². The van der Waals surface area contributed by atoms with E-state index in [4.69, 9.17) is 5.11 Å². The summed E-state index contributed by atoms with van der Waals surface area (Å²) in [5.41, 5.74) is 2.24. The summed E-state index contributed by atoms with van der Waals surface area (Å²) in [5.74, 6) is 5.85. The topological polar surface area (TPSA) is 49.3 Å². The average molecular weight is 273 g/mol. The Bertz CT molecular complexity index is 524. The van der Waals surface area contributed by atoms with Crippen LogP contribution in [0.1, 0.15) is 48.7 Å². The summed E-state index contributed by atoms with van der Waals surface area (Å²) in [6, 6.07) is 5.69. The second kappa shape index (κ2) is 7.72. The molecule has 20 heavy (non-hydrogen) atoms. The van der Waals surface area contributed by atoms with Crippen molar-refractivity contribution in [3.63, 3.8) is 0 Å². The van der Waals surface area contributed by atoms with Crippen LogP contribution in [0, 0.1) is 24.7 Å². The summed E-state index contributed by atoms with van der Waals surface area (Å²) in [5, 5.41) is 11.8. The van der Waals surface area contributed by atoms with Gasteiger partial charge in [0.05, 0.1) is 5.56 Å². The Morgan fingerprint density at radius 1 is 1.35 bits per heavy atom. The summed E-state index contributed by atoms with van der Waals surface area (Å²) in [4.78, 5) is 12.3. The van der Waals surface area contributed by atoms with Crippen LogP contribution in [0.25, 0.3) is 0 Å². The van der Waals surface area contributed by atoms with Gasteiger partial charge in [0.1, 0.15) is 6.61 Å². The normalized spacial score (nSPS) is 11.7. The number of aliphatic hydroxyl groups is 1. The minimum Gasteiger partial charge on any atom is -0.384 e. The fourth-order valence-electron chi connectivity index (χ4n) is 2.16. The largest absolute Gasteiger partial charge is 0.384 e. The summed E-state index contributed by atoms with van der Waals surface area (Å²) in [6.45, 7) is 8.00. The molecule has 1 atom stereocenters. The van der Waals surface area contributed by atoms with Crippen molar-refractivity contribution in [2.45, 2.75) is 40.2 Å². The van der Waals surface area contributed by atoms with Gasteiger partial charge >= 0.3 is 0 Å². The number of hydrogen-bond donors (Lipinski definition) is 2. The van der Waals surface area contributed by atoms with E-state index in [1.807, 2.05) is 32.0 Å². The van der Waals surface area contributed by atoms with Crippen molar-refractivity contribution in [1.82, 2.24) is 5.32 Å². The molecular weight excluding hydrogens is 250 g/mol. The molecule has 0 aliphatic heterocycles. The molecule has 1 aromatic carbocycles.